The number of aliphatic imine (C=N–C) groups is 1. The highest BCUT2D eigenvalue weighted by Gasteiger charge is 2.30. The first-order valence-electron chi connectivity index (χ1n) is 12.4. The molecule has 2 atom stereocenters. The van der Waals surface area contributed by atoms with E-state index in [2.05, 4.69) is 47.6 Å². The second kappa shape index (κ2) is 8.80. The van der Waals surface area contributed by atoms with Crippen LogP contribution in [0.2, 0.25) is 0 Å². The van der Waals surface area contributed by atoms with Gasteiger partial charge in [0.2, 0.25) is 0 Å². The van der Waals surface area contributed by atoms with Gasteiger partial charge in [0.1, 0.15) is 5.82 Å². The molecule has 0 spiro atoms. The van der Waals surface area contributed by atoms with Gasteiger partial charge >= 0.3 is 5.97 Å². The Labute approximate surface area is 204 Å². The number of hydrogen-bond donors (Lipinski definition) is 2. The molecule has 3 N–H and O–H groups in total. The highest BCUT2D eigenvalue weighted by atomic mass is 16.4. The molecule has 0 aromatic carbocycles. The van der Waals surface area contributed by atoms with Crippen molar-refractivity contribution in [2.45, 2.75) is 50.5 Å². The van der Waals surface area contributed by atoms with E-state index < -0.39 is 5.97 Å². The number of fused-ring (bicyclic) bond motifs is 2. The van der Waals surface area contributed by atoms with E-state index in [1.165, 1.54) is 0 Å². The van der Waals surface area contributed by atoms with Gasteiger partial charge in [-0.25, -0.2) is 4.98 Å². The second-order valence-corrected chi connectivity index (χ2v) is 9.90. The minimum atomic E-state index is -0.712. The maximum absolute atomic E-state index is 11.2. The molecule has 1 aliphatic heterocycles. The Morgan fingerprint density at radius 2 is 1.97 bits per heavy atom. The van der Waals surface area contributed by atoms with Crippen molar-refractivity contribution < 1.29 is 9.90 Å². The van der Waals surface area contributed by atoms with Crippen LogP contribution in [0.15, 0.2) is 59.8 Å². The molecule has 2 unspecified atom stereocenters. The Morgan fingerprint density at radius 3 is 2.74 bits per heavy atom. The fourth-order valence-electron chi connectivity index (χ4n) is 5.85. The van der Waals surface area contributed by atoms with E-state index in [1.807, 2.05) is 18.5 Å². The monoisotopic (exact) mass is 467 g/mol. The third-order valence-electron chi connectivity index (χ3n) is 7.68. The molecule has 0 amide bonds. The quantitative estimate of drug-likeness (QED) is 0.645. The van der Waals surface area contributed by atoms with E-state index in [-0.39, 0.29) is 30.2 Å². The predicted octanol–water partition coefficient (Wildman–Crippen LogP) is 4.98. The first-order chi connectivity index (χ1) is 17.1. The molecule has 3 aliphatic carbocycles. The maximum atomic E-state index is 11.2. The number of nitrogens with two attached hydrogens (primary N) is 1. The fraction of sp³-hybridized carbons (Fsp3) is 0.357. The van der Waals surface area contributed by atoms with Crippen LogP contribution >= 0.6 is 0 Å². The lowest BCUT2D eigenvalue weighted by Crippen LogP contribution is -2.20. The topological polar surface area (TPSA) is 106 Å². The van der Waals surface area contributed by atoms with Crippen LogP contribution in [0.5, 0.6) is 0 Å². The third-order valence-corrected chi connectivity index (χ3v) is 7.68. The highest BCUT2D eigenvalue weighted by Crippen LogP contribution is 2.42. The summed E-state index contributed by atoms with van der Waals surface area (Å²) in [6, 6.07) is 0.146. The van der Waals surface area contributed by atoms with Crippen LogP contribution in [0, 0.1) is 11.8 Å². The summed E-state index contributed by atoms with van der Waals surface area (Å²) in [6.07, 6.45) is 25.6. The molecule has 4 aliphatic rings. The van der Waals surface area contributed by atoms with E-state index >= 15 is 0 Å². The number of dihydropyridines is 1. The predicted molar refractivity (Wildman–Crippen MR) is 138 cm³/mol. The first-order valence-corrected chi connectivity index (χ1v) is 12.4. The Kier molecular flexibility index (Phi) is 5.47. The average Bonchev–Trinajstić information content (AvgIpc) is 3.54. The van der Waals surface area contributed by atoms with Crippen molar-refractivity contribution in [1.29, 1.82) is 0 Å². The van der Waals surface area contributed by atoms with Crippen LogP contribution in [0.25, 0.3) is 16.8 Å². The number of allylic oxidation sites excluding steroid dienone is 7. The number of hydrogen-bond acceptors (Lipinski definition) is 5. The van der Waals surface area contributed by atoms with Gasteiger partial charge in [0.25, 0.3) is 0 Å². The van der Waals surface area contributed by atoms with Gasteiger partial charge in [-0.2, -0.15) is 9.61 Å². The van der Waals surface area contributed by atoms with Crippen molar-refractivity contribution in [3.63, 3.8) is 0 Å². The number of rotatable bonds is 5. The van der Waals surface area contributed by atoms with E-state index in [0.717, 1.165) is 65.7 Å². The normalized spacial score (nSPS) is 27.2. The molecule has 0 radical (unpaired) electrons. The third kappa shape index (κ3) is 3.95. The molecule has 7 nitrogen and oxygen atoms in total. The molecular formula is C28H29N5O2. The van der Waals surface area contributed by atoms with Crippen LogP contribution in [0.1, 0.15) is 61.3 Å². The molecule has 2 aromatic heterocycles. The van der Waals surface area contributed by atoms with Gasteiger partial charge in [-0.3, -0.25) is 9.79 Å². The summed E-state index contributed by atoms with van der Waals surface area (Å²) in [5.74, 6) is 0.595. The zero-order valence-electron chi connectivity index (χ0n) is 19.5. The molecule has 3 heterocycles. The molecular weight excluding hydrogens is 438 g/mol. The molecule has 0 saturated heterocycles. The molecule has 0 bridgehead atoms. The van der Waals surface area contributed by atoms with Gasteiger partial charge in [0.15, 0.2) is 5.65 Å². The summed E-state index contributed by atoms with van der Waals surface area (Å²) in [7, 11) is 0. The molecule has 7 heteroatoms. The zero-order chi connectivity index (χ0) is 23.9. The molecule has 178 valence electrons. The van der Waals surface area contributed by atoms with Crippen LogP contribution in [-0.4, -0.2) is 37.9 Å². The van der Waals surface area contributed by atoms with Crippen molar-refractivity contribution in [2.24, 2.45) is 16.8 Å². The van der Waals surface area contributed by atoms with Crippen molar-refractivity contribution in [3.8, 4) is 0 Å². The second-order valence-electron chi connectivity index (χ2n) is 9.90. The van der Waals surface area contributed by atoms with Crippen molar-refractivity contribution in [3.05, 3.63) is 71.6 Å². The summed E-state index contributed by atoms with van der Waals surface area (Å²) >= 11 is 0. The SMILES string of the molecule is Nc1c(C2=CCC=C2)c(C2CCC(CC(=O)O)CC2)nc2c(C3=CC4C=CC=CC4N=C3)cnn12. The van der Waals surface area contributed by atoms with Crippen molar-refractivity contribution in [2.75, 3.05) is 5.73 Å². The number of nitrogens with zero attached hydrogens (tertiary/aromatic N) is 4. The molecule has 1 saturated carbocycles. The van der Waals surface area contributed by atoms with E-state index in [1.54, 1.807) is 4.52 Å². The number of anilines is 1. The molecule has 1 fully saturated rings. The molecule has 6 rings (SSSR count). The fourth-order valence-corrected chi connectivity index (χ4v) is 5.85. The number of carboxylic acids is 1. The number of carbonyl (C=O) groups is 1. The van der Waals surface area contributed by atoms with Gasteiger partial charge in [-0.15, -0.1) is 0 Å². The standard InChI is InChI=1S/C28H29N5O2/c29-27-25(18-5-1-2-6-18)26(19-11-9-17(10-12-19)13-24(34)35)32-28-22(16-31-33(27)28)21-14-20-7-3-4-8-23(20)30-15-21/h1,3-8,14-17,19-20,23H,2,9-13,29H2,(H,34,35). The van der Waals surface area contributed by atoms with Crippen LogP contribution in [-0.2, 0) is 4.79 Å². The summed E-state index contributed by atoms with van der Waals surface area (Å²) in [6.45, 7) is 0. The smallest absolute Gasteiger partial charge is 0.303 e. The lowest BCUT2D eigenvalue weighted by molar-refractivity contribution is -0.138. The number of aliphatic carboxylic acids is 1. The van der Waals surface area contributed by atoms with E-state index in [4.69, 9.17) is 15.7 Å². The zero-order valence-corrected chi connectivity index (χ0v) is 19.5. The Morgan fingerprint density at radius 1 is 1.14 bits per heavy atom. The largest absolute Gasteiger partial charge is 0.481 e. The summed E-state index contributed by atoms with van der Waals surface area (Å²) < 4.78 is 1.76. The number of nitrogen functional groups attached to an aromatic ring is 1. The summed E-state index contributed by atoms with van der Waals surface area (Å²) in [4.78, 5) is 21.2. The summed E-state index contributed by atoms with van der Waals surface area (Å²) in [5.41, 5.74) is 12.6. The van der Waals surface area contributed by atoms with Gasteiger partial charge in [0.05, 0.1) is 17.9 Å². The lowest BCUT2D eigenvalue weighted by Gasteiger charge is -2.29. The van der Waals surface area contributed by atoms with E-state index in [0.29, 0.717) is 5.82 Å². The average molecular weight is 468 g/mol. The molecule has 2 aromatic rings. The Hall–Kier alpha value is -3.74. The van der Waals surface area contributed by atoms with Crippen molar-refractivity contribution >= 4 is 34.8 Å². The first kappa shape index (κ1) is 21.8. The van der Waals surface area contributed by atoms with Gasteiger partial charge in [-0.05, 0) is 43.6 Å². The van der Waals surface area contributed by atoms with Crippen LogP contribution in [0.3, 0.4) is 0 Å². The van der Waals surface area contributed by atoms with Crippen LogP contribution < -0.4 is 5.73 Å². The number of carboxylic acid groups (broad SMARTS) is 1. The van der Waals surface area contributed by atoms with Crippen molar-refractivity contribution in [1.82, 2.24) is 14.6 Å². The molecule has 35 heavy (non-hydrogen) atoms. The van der Waals surface area contributed by atoms with Gasteiger partial charge in [-0.1, -0.05) is 48.6 Å². The minimum Gasteiger partial charge on any atom is -0.481 e. The van der Waals surface area contributed by atoms with E-state index in [9.17, 15) is 9.90 Å². The van der Waals surface area contributed by atoms with Gasteiger partial charge < -0.3 is 10.8 Å². The minimum absolute atomic E-state index is 0.146. The Balaban J connectivity index is 1.42. The van der Waals surface area contributed by atoms with Gasteiger partial charge in [0, 0.05) is 41.2 Å². The highest BCUT2D eigenvalue weighted by molar-refractivity contribution is 6.13. The van der Waals surface area contributed by atoms with Crippen LogP contribution in [0.4, 0.5) is 5.82 Å². The Bertz CT molecular complexity index is 1370. The summed E-state index contributed by atoms with van der Waals surface area (Å²) in [5, 5.41) is 13.9. The maximum Gasteiger partial charge on any atom is 0.303 e. The lowest BCUT2D eigenvalue weighted by atomic mass is 9.77. The number of aromatic nitrogens is 3.